The van der Waals surface area contributed by atoms with E-state index in [4.69, 9.17) is 23.6 Å². The normalized spacial score (nSPS) is 14.0. The van der Waals surface area contributed by atoms with Crippen molar-refractivity contribution in [2.75, 3.05) is 33.0 Å². The lowest BCUT2D eigenvalue weighted by Gasteiger charge is -2.20. The molecule has 0 aliphatic carbocycles. The van der Waals surface area contributed by atoms with Crippen molar-refractivity contribution in [2.45, 2.75) is 270 Å². The van der Waals surface area contributed by atoms with Gasteiger partial charge in [-0.1, -0.05) is 237 Å². The molecule has 0 spiro atoms. The fourth-order valence-corrected chi connectivity index (χ4v) is 8.51. The van der Waals surface area contributed by atoms with E-state index in [1.165, 1.54) is 180 Å². The number of esters is 1. The molecule has 0 saturated carbocycles. The van der Waals surface area contributed by atoms with Gasteiger partial charge in [-0.3, -0.25) is 13.8 Å². The first-order valence-corrected chi connectivity index (χ1v) is 28.5. The summed E-state index contributed by atoms with van der Waals surface area (Å²) in [4.78, 5) is 22.7. The van der Waals surface area contributed by atoms with Gasteiger partial charge in [0.15, 0.2) is 0 Å². The van der Waals surface area contributed by atoms with E-state index in [1.54, 1.807) is 0 Å². The third kappa shape index (κ3) is 50.1. The van der Waals surface area contributed by atoms with E-state index >= 15 is 0 Å². The van der Waals surface area contributed by atoms with E-state index in [0.29, 0.717) is 6.61 Å². The van der Waals surface area contributed by atoms with Crippen molar-refractivity contribution in [1.82, 2.24) is 0 Å². The molecule has 10 heteroatoms. The Balaban J connectivity index is 4.05. The van der Waals surface area contributed by atoms with Crippen molar-refractivity contribution in [3.63, 3.8) is 0 Å². The average Bonchev–Trinajstić information content (AvgIpc) is 3.29. The molecule has 0 aromatic heterocycles. The molecular formula is C54H103O9P. The van der Waals surface area contributed by atoms with Crippen LogP contribution in [0.4, 0.5) is 0 Å². The highest BCUT2D eigenvalue weighted by Crippen LogP contribution is 2.43. The van der Waals surface area contributed by atoms with Crippen molar-refractivity contribution in [1.29, 1.82) is 0 Å². The summed E-state index contributed by atoms with van der Waals surface area (Å²) in [5.41, 5.74) is 0. The molecule has 3 N–H and O–H groups in total. The molecular weight excluding hydrogens is 824 g/mol. The minimum absolute atomic E-state index is 0.0498. The number of allylic oxidation sites excluding steroid dienone is 6. The molecule has 3 atom stereocenters. The summed E-state index contributed by atoms with van der Waals surface area (Å²) < 4.78 is 33.6. The fraction of sp³-hybridized carbons (Fsp3) is 0.870. The highest BCUT2D eigenvalue weighted by Gasteiger charge is 2.26. The Labute approximate surface area is 395 Å². The Morgan fingerprint density at radius 1 is 0.484 bits per heavy atom. The summed E-state index contributed by atoms with van der Waals surface area (Å²) in [7, 11) is -4.53. The van der Waals surface area contributed by atoms with E-state index < -0.39 is 33.2 Å². The highest BCUT2D eigenvalue weighted by atomic mass is 31.2. The molecule has 0 bridgehead atoms. The monoisotopic (exact) mass is 927 g/mol. The van der Waals surface area contributed by atoms with Gasteiger partial charge in [0.05, 0.1) is 26.4 Å². The van der Waals surface area contributed by atoms with Crippen LogP contribution in [0.3, 0.4) is 0 Å². The number of aliphatic hydroxyl groups is 2. The maximum Gasteiger partial charge on any atom is 0.472 e. The van der Waals surface area contributed by atoms with Gasteiger partial charge in [-0.2, -0.15) is 0 Å². The van der Waals surface area contributed by atoms with Gasteiger partial charge in [-0.05, 0) is 51.4 Å². The first-order chi connectivity index (χ1) is 31.3. The lowest BCUT2D eigenvalue weighted by Crippen LogP contribution is -2.29. The van der Waals surface area contributed by atoms with Gasteiger partial charge in [-0.15, -0.1) is 0 Å². The van der Waals surface area contributed by atoms with Crippen LogP contribution in [0.25, 0.3) is 0 Å². The van der Waals surface area contributed by atoms with Crippen LogP contribution in [0.1, 0.15) is 258 Å². The van der Waals surface area contributed by atoms with Crippen LogP contribution in [0.5, 0.6) is 0 Å². The summed E-state index contributed by atoms with van der Waals surface area (Å²) in [5.74, 6) is -0.385. The quantitative estimate of drug-likeness (QED) is 0.0236. The molecule has 378 valence electrons. The van der Waals surface area contributed by atoms with Crippen LogP contribution >= 0.6 is 7.82 Å². The summed E-state index contributed by atoms with van der Waals surface area (Å²) in [6, 6.07) is 0. The number of phosphoric acid groups is 1. The summed E-state index contributed by atoms with van der Waals surface area (Å²) in [6.45, 7) is 3.55. The molecule has 64 heavy (non-hydrogen) atoms. The molecule has 0 saturated heterocycles. The molecule has 0 aromatic rings. The Morgan fingerprint density at radius 3 is 1.27 bits per heavy atom. The van der Waals surface area contributed by atoms with Crippen molar-refractivity contribution in [2.24, 2.45) is 0 Å². The molecule has 0 aliphatic heterocycles. The van der Waals surface area contributed by atoms with Crippen molar-refractivity contribution in [3.05, 3.63) is 36.5 Å². The Bertz CT molecular complexity index is 1100. The minimum Gasteiger partial charge on any atom is -0.457 e. The predicted octanol–water partition coefficient (Wildman–Crippen LogP) is 15.9. The summed E-state index contributed by atoms with van der Waals surface area (Å²) in [5, 5.41) is 18.4. The SMILES string of the molecule is CCCCCCC/C=C\C/C=C\C/C=C\CCCCCCCCCCC(=O)OC(COCCCCCCCCCCCCCCCCCCCCCC)COP(=O)(O)OCC(O)CO. The molecule has 0 rings (SSSR count). The van der Waals surface area contributed by atoms with Crippen molar-refractivity contribution >= 4 is 13.8 Å². The molecule has 0 amide bonds. The van der Waals surface area contributed by atoms with Gasteiger partial charge in [0, 0.05) is 13.0 Å². The Hall–Kier alpha value is -1.32. The fourth-order valence-electron chi connectivity index (χ4n) is 7.72. The second kappa shape index (κ2) is 51.1. The zero-order valence-electron chi connectivity index (χ0n) is 41.8. The second-order valence-corrected chi connectivity index (χ2v) is 19.7. The highest BCUT2D eigenvalue weighted by molar-refractivity contribution is 7.47. The summed E-state index contributed by atoms with van der Waals surface area (Å²) in [6.07, 6.45) is 58.3. The van der Waals surface area contributed by atoms with Crippen LogP contribution < -0.4 is 0 Å². The first-order valence-electron chi connectivity index (χ1n) is 27.0. The molecule has 0 fully saturated rings. The molecule has 0 heterocycles. The average molecular weight is 927 g/mol. The lowest BCUT2D eigenvalue weighted by molar-refractivity contribution is -0.154. The van der Waals surface area contributed by atoms with E-state index in [0.717, 1.165) is 57.8 Å². The second-order valence-electron chi connectivity index (χ2n) is 18.3. The molecule has 3 unspecified atom stereocenters. The van der Waals surface area contributed by atoms with Gasteiger partial charge >= 0.3 is 13.8 Å². The van der Waals surface area contributed by atoms with Crippen LogP contribution in [-0.4, -0.2) is 66.3 Å². The van der Waals surface area contributed by atoms with Gasteiger partial charge in [0.25, 0.3) is 0 Å². The number of phosphoric ester groups is 1. The number of aliphatic hydroxyl groups excluding tert-OH is 2. The maximum absolute atomic E-state index is 12.7. The van der Waals surface area contributed by atoms with Gasteiger partial charge in [0.1, 0.15) is 12.2 Å². The zero-order valence-corrected chi connectivity index (χ0v) is 42.7. The van der Waals surface area contributed by atoms with Crippen LogP contribution in [0.2, 0.25) is 0 Å². The van der Waals surface area contributed by atoms with Crippen LogP contribution in [0.15, 0.2) is 36.5 Å². The van der Waals surface area contributed by atoms with Crippen LogP contribution in [-0.2, 0) is 27.9 Å². The van der Waals surface area contributed by atoms with E-state index in [2.05, 4.69) is 50.3 Å². The van der Waals surface area contributed by atoms with Crippen molar-refractivity contribution < 1.29 is 43.0 Å². The number of hydrogen-bond acceptors (Lipinski definition) is 8. The van der Waals surface area contributed by atoms with Gasteiger partial charge in [-0.25, -0.2) is 4.57 Å². The minimum atomic E-state index is -4.53. The third-order valence-electron chi connectivity index (χ3n) is 11.8. The standard InChI is InChI=1S/C54H103O9P/c1-3-5-7-9-11-13-15-17-19-21-23-25-26-27-28-30-32-34-36-38-40-42-44-46-54(57)63-53(51-62-64(58,59)61-49-52(56)48-55)50-60-47-45-43-41-39-37-35-33-31-29-24-22-20-18-16-14-12-10-8-6-4-2/h15,17,21,23,26-27,52-53,55-56H,3-14,16,18-20,22,24-25,28-51H2,1-2H3,(H,58,59)/b17-15-,23-21-,27-26-. The molecule has 9 nitrogen and oxygen atoms in total. The van der Waals surface area contributed by atoms with Gasteiger partial charge in [0.2, 0.25) is 0 Å². The molecule has 0 radical (unpaired) electrons. The topological polar surface area (TPSA) is 132 Å². The smallest absolute Gasteiger partial charge is 0.457 e. The number of hydrogen-bond donors (Lipinski definition) is 3. The van der Waals surface area contributed by atoms with Crippen molar-refractivity contribution in [3.8, 4) is 0 Å². The Kier molecular flexibility index (Phi) is 50.0. The van der Waals surface area contributed by atoms with E-state index in [9.17, 15) is 19.4 Å². The Morgan fingerprint density at radius 2 is 0.844 bits per heavy atom. The predicted molar refractivity (Wildman–Crippen MR) is 270 cm³/mol. The third-order valence-corrected chi connectivity index (χ3v) is 12.8. The number of unbranched alkanes of at least 4 members (excludes halogenated alkanes) is 32. The largest absolute Gasteiger partial charge is 0.472 e. The molecule has 0 aliphatic rings. The maximum atomic E-state index is 12.7. The molecule has 0 aromatic carbocycles. The summed E-state index contributed by atoms with van der Waals surface area (Å²) >= 11 is 0. The zero-order chi connectivity index (χ0) is 46.7. The number of carbonyl (C=O) groups is 1. The van der Waals surface area contributed by atoms with Crippen LogP contribution in [0, 0.1) is 0 Å². The van der Waals surface area contributed by atoms with E-state index in [-0.39, 0.29) is 25.6 Å². The number of carbonyl (C=O) groups excluding carboxylic acids is 1. The number of rotatable bonds is 52. The number of ether oxygens (including phenoxy) is 2. The first kappa shape index (κ1) is 62.7. The van der Waals surface area contributed by atoms with E-state index in [1.807, 2.05) is 0 Å². The lowest BCUT2D eigenvalue weighted by atomic mass is 10.0. The van der Waals surface area contributed by atoms with Gasteiger partial charge < -0.3 is 24.6 Å².